The third-order valence-corrected chi connectivity index (χ3v) is 5.73. The lowest BCUT2D eigenvalue weighted by Gasteiger charge is -2.41. The van der Waals surface area contributed by atoms with Gasteiger partial charge in [0.05, 0.1) is 6.10 Å². The summed E-state index contributed by atoms with van der Waals surface area (Å²) in [4.78, 5) is 2.62. The molecule has 0 radical (unpaired) electrons. The quantitative estimate of drug-likeness (QED) is 0.844. The molecule has 118 valence electrons. The molecule has 1 aliphatic carbocycles. The number of hydrogen-bond donors (Lipinski definition) is 1. The summed E-state index contributed by atoms with van der Waals surface area (Å²) < 4.78 is 0. The Hall–Kier alpha value is -0.0800. The molecule has 20 heavy (non-hydrogen) atoms. The van der Waals surface area contributed by atoms with Gasteiger partial charge in [0.15, 0.2) is 0 Å². The minimum absolute atomic E-state index is 0.0566. The molecule has 4 unspecified atom stereocenters. The van der Waals surface area contributed by atoms with E-state index in [4.69, 9.17) is 0 Å². The zero-order valence-electron chi connectivity index (χ0n) is 14.1. The van der Waals surface area contributed by atoms with Crippen molar-refractivity contribution in [3.05, 3.63) is 0 Å². The Morgan fingerprint density at radius 3 is 2.55 bits per heavy atom. The van der Waals surface area contributed by atoms with Crippen LogP contribution in [0, 0.1) is 23.2 Å². The molecule has 2 aliphatic rings. The molecule has 4 atom stereocenters. The van der Waals surface area contributed by atoms with E-state index in [1.165, 1.54) is 45.2 Å². The van der Waals surface area contributed by atoms with E-state index in [1.54, 1.807) is 0 Å². The van der Waals surface area contributed by atoms with Gasteiger partial charge in [-0.2, -0.15) is 0 Å². The SMILES string of the molecule is CCCC1CCN(CC2CC(C(C)(C)C)CCC2O)C1. The van der Waals surface area contributed by atoms with Crippen molar-refractivity contribution in [3.8, 4) is 0 Å². The summed E-state index contributed by atoms with van der Waals surface area (Å²) in [6.07, 6.45) is 7.46. The summed E-state index contributed by atoms with van der Waals surface area (Å²) in [5.41, 5.74) is 0.397. The topological polar surface area (TPSA) is 23.5 Å². The predicted octanol–water partition coefficient (Wildman–Crippen LogP) is 3.93. The monoisotopic (exact) mass is 281 g/mol. The summed E-state index contributed by atoms with van der Waals surface area (Å²) in [6.45, 7) is 13.0. The molecule has 0 aromatic carbocycles. The second kappa shape index (κ2) is 6.79. The molecule has 1 aliphatic heterocycles. The van der Waals surface area contributed by atoms with Crippen LogP contribution in [0.1, 0.15) is 66.2 Å². The van der Waals surface area contributed by atoms with Crippen LogP contribution >= 0.6 is 0 Å². The summed E-state index contributed by atoms with van der Waals surface area (Å²) in [5, 5.41) is 10.4. The fourth-order valence-electron chi connectivity index (χ4n) is 4.29. The van der Waals surface area contributed by atoms with Gasteiger partial charge in [-0.3, -0.25) is 0 Å². The molecule has 0 amide bonds. The Morgan fingerprint density at radius 2 is 1.90 bits per heavy atom. The molecule has 0 bridgehead atoms. The van der Waals surface area contributed by atoms with Crippen LogP contribution in [0.2, 0.25) is 0 Å². The second-order valence-electron chi connectivity index (χ2n) is 8.41. The highest BCUT2D eigenvalue weighted by molar-refractivity contribution is 4.88. The molecule has 1 heterocycles. The molecule has 1 N–H and O–H groups in total. The Kier molecular flexibility index (Phi) is 5.53. The Labute approximate surface area is 125 Å². The summed E-state index contributed by atoms with van der Waals surface area (Å²) in [6, 6.07) is 0. The number of aliphatic hydroxyl groups is 1. The smallest absolute Gasteiger partial charge is 0.0580 e. The molecule has 2 heteroatoms. The van der Waals surface area contributed by atoms with Crippen molar-refractivity contribution in [2.75, 3.05) is 19.6 Å². The third-order valence-electron chi connectivity index (χ3n) is 5.73. The zero-order chi connectivity index (χ0) is 14.8. The zero-order valence-corrected chi connectivity index (χ0v) is 14.1. The highest BCUT2D eigenvalue weighted by Gasteiger charge is 2.36. The first-order valence-electron chi connectivity index (χ1n) is 8.80. The lowest BCUT2D eigenvalue weighted by atomic mass is 9.68. The predicted molar refractivity (Wildman–Crippen MR) is 85.7 cm³/mol. The van der Waals surface area contributed by atoms with Crippen LogP contribution in [-0.4, -0.2) is 35.7 Å². The first kappa shape index (κ1) is 16.3. The summed E-state index contributed by atoms with van der Waals surface area (Å²) in [7, 11) is 0. The minimum Gasteiger partial charge on any atom is -0.393 e. The minimum atomic E-state index is -0.0566. The van der Waals surface area contributed by atoms with Crippen LogP contribution in [0.3, 0.4) is 0 Å². The summed E-state index contributed by atoms with van der Waals surface area (Å²) >= 11 is 0. The van der Waals surface area contributed by atoms with Gasteiger partial charge >= 0.3 is 0 Å². The van der Waals surface area contributed by atoms with Gasteiger partial charge in [0.2, 0.25) is 0 Å². The lowest BCUT2D eigenvalue weighted by molar-refractivity contribution is 0.00576. The average Bonchev–Trinajstić information content (AvgIpc) is 2.78. The maximum atomic E-state index is 10.4. The van der Waals surface area contributed by atoms with Crippen molar-refractivity contribution >= 4 is 0 Å². The van der Waals surface area contributed by atoms with Crippen LogP contribution in [0.4, 0.5) is 0 Å². The molecule has 0 aromatic heterocycles. The van der Waals surface area contributed by atoms with Gasteiger partial charge in [0.25, 0.3) is 0 Å². The van der Waals surface area contributed by atoms with Gasteiger partial charge in [-0.15, -0.1) is 0 Å². The van der Waals surface area contributed by atoms with Crippen molar-refractivity contribution in [3.63, 3.8) is 0 Å². The van der Waals surface area contributed by atoms with E-state index in [2.05, 4.69) is 32.6 Å². The van der Waals surface area contributed by atoms with E-state index in [-0.39, 0.29) is 6.10 Å². The van der Waals surface area contributed by atoms with Crippen molar-refractivity contribution in [1.29, 1.82) is 0 Å². The molecular formula is C18H35NO. The Bertz CT molecular complexity index is 296. The van der Waals surface area contributed by atoms with E-state index < -0.39 is 0 Å². The third kappa shape index (κ3) is 4.21. The number of rotatable bonds is 4. The number of nitrogens with zero attached hydrogens (tertiary/aromatic N) is 1. The van der Waals surface area contributed by atoms with Crippen molar-refractivity contribution in [2.45, 2.75) is 72.3 Å². The average molecular weight is 281 g/mol. The van der Waals surface area contributed by atoms with E-state index in [1.807, 2.05) is 0 Å². The standard InChI is InChI=1S/C18H35NO/c1-5-6-14-9-10-19(12-14)13-15-11-16(18(2,3)4)7-8-17(15)20/h14-17,20H,5-13H2,1-4H3. The second-order valence-corrected chi connectivity index (χ2v) is 8.41. The van der Waals surface area contributed by atoms with Crippen LogP contribution in [0.25, 0.3) is 0 Å². The van der Waals surface area contributed by atoms with Crippen molar-refractivity contribution in [1.82, 2.24) is 4.90 Å². The van der Waals surface area contributed by atoms with E-state index in [0.717, 1.165) is 24.8 Å². The highest BCUT2D eigenvalue weighted by atomic mass is 16.3. The lowest BCUT2D eigenvalue weighted by Crippen LogP contribution is -2.40. The largest absolute Gasteiger partial charge is 0.393 e. The van der Waals surface area contributed by atoms with E-state index in [0.29, 0.717) is 11.3 Å². The van der Waals surface area contributed by atoms with Crippen molar-refractivity contribution in [2.24, 2.45) is 23.2 Å². The normalized spacial score (nSPS) is 36.5. The molecule has 1 saturated carbocycles. The highest BCUT2D eigenvalue weighted by Crippen LogP contribution is 2.41. The molecule has 0 aromatic rings. The van der Waals surface area contributed by atoms with Gasteiger partial charge < -0.3 is 10.0 Å². The number of aliphatic hydroxyl groups excluding tert-OH is 1. The number of likely N-dealkylation sites (tertiary alicyclic amines) is 1. The van der Waals surface area contributed by atoms with Gasteiger partial charge in [0, 0.05) is 13.1 Å². The molecule has 2 fully saturated rings. The molecule has 1 saturated heterocycles. The van der Waals surface area contributed by atoms with Gasteiger partial charge in [0.1, 0.15) is 0 Å². The van der Waals surface area contributed by atoms with E-state index in [9.17, 15) is 5.11 Å². The van der Waals surface area contributed by atoms with Gasteiger partial charge in [-0.05, 0) is 61.8 Å². The Morgan fingerprint density at radius 1 is 1.15 bits per heavy atom. The maximum Gasteiger partial charge on any atom is 0.0580 e. The maximum absolute atomic E-state index is 10.4. The van der Waals surface area contributed by atoms with Crippen LogP contribution in [0.5, 0.6) is 0 Å². The van der Waals surface area contributed by atoms with Gasteiger partial charge in [-0.25, -0.2) is 0 Å². The Balaban J connectivity index is 1.85. The molecular weight excluding hydrogens is 246 g/mol. The number of hydrogen-bond acceptors (Lipinski definition) is 2. The summed E-state index contributed by atoms with van der Waals surface area (Å²) in [5.74, 6) is 2.21. The van der Waals surface area contributed by atoms with Gasteiger partial charge in [-0.1, -0.05) is 34.1 Å². The first-order chi connectivity index (χ1) is 9.40. The molecule has 0 spiro atoms. The van der Waals surface area contributed by atoms with Crippen LogP contribution in [-0.2, 0) is 0 Å². The van der Waals surface area contributed by atoms with Crippen LogP contribution < -0.4 is 0 Å². The fraction of sp³-hybridized carbons (Fsp3) is 1.00. The fourth-order valence-corrected chi connectivity index (χ4v) is 4.29. The first-order valence-corrected chi connectivity index (χ1v) is 8.80. The molecule has 2 nitrogen and oxygen atoms in total. The van der Waals surface area contributed by atoms with E-state index >= 15 is 0 Å². The van der Waals surface area contributed by atoms with Crippen LogP contribution in [0.15, 0.2) is 0 Å². The van der Waals surface area contributed by atoms with Crippen molar-refractivity contribution < 1.29 is 5.11 Å². The molecule has 2 rings (SSSR count).